The molecule has 28 heteroatoms. The third-order valence-electron chi connectivity index (χ3n) is 21.2. The maximum Gasteiger partial charge on any atom is 0.231 e. The van der Waals surface area contributed by atoms with Crippen LogP contribution in [0.2, 0.25) is 0 Å². The lowest BCUT2D eigenvalue weighted by molar-refractivity contribution is -0.118. The van der Waals surface area contributed by atoms with Crippen molar-refractivity contribution in [1.82, 2.24) is 19.9 Å². The van der Waals surface area contributed by atoms with Crippen LogP contribution in [0.25, 0.3) is 43.1 Å². The van der Waals surface area contributed by atoms with E-state index < -0.39 is 24.2 Å². The average molecular weight is 1460 g/mol. The van der Waals surface area contributed by atoms with Gasteiger partial charge >= 0.3 is 0 Å². The Hall–Kier alpha value is -11.7. The Morgan fingerprint density at radius 1 is 0.421 bits per heavy atom. The molecule has 4 saturated carbocycles. The number of fused-ring (bicyclic) bond motifs is 4. The number of amides is 8. The van der Waals surface area contributed by atoms with Crippen molar-refractivity contribution in [2.24, 2.45) is 47.3 Å². The second kappa shape index (κ2) is 30.4. The Balaban J connectivity index is 0.000000133. The van der Waals surface area contributed by atoms with E-state index in [4.69, 9.17) is 33.5 Å². The summed E-state index contributed by atoms with van der Waals surface area (Å²) < 4.78 is 26.0. The largest absolute Gasteiger partial charge is 0.398 e. The summed E-state index contributed by atoms with van der Waals surface area (Å²) in [4.78, 5) is 122. The molecule has 8 aliphatic rings. The summed E-state index contributed by atoms with van der Waals surface area (Å²) in [5.74, 6) is -0.499. The number of aromatic nitrogens is 4. The highest BCUT2D eigenvalue weighted by atomic mass is 19.1. The molecule has 8 heterocycles. The average Bonchev–Trinajstić information content (AvgIpc) is 1.78. The van der Waals surface area contributed by atoms with Gasteiger partial charge in [0.1, 0.15) is 35.6 Å². The molecule has 26 nitrogen and oxygen atoms in total. The monoisotopic (exact) mass is 1450 g/mol. The van der Waals surface area contributed by atoms with Crippen LogP contribution in [0, 0.1) is 70.0 Å². The van der Waals surface area contributed by atoms with Crippen LogP contribution in [-0.4, -0.2) is 104 Å². The van der Waals surface area contributed by atoms with E-state index in [-0.39, 0.29) is 115 Å². The van der Waals surface area contributed by atoms with Crippen LogP contribution in [0.5, 0.6) is 0 Å². The van der Waals surface area contributed by atoms with E-state index in [0.29, 0.717) is 96.4 Å². The fraction of sp³-hybridized carbons (Fsp3) is 0.418. The number of nitrogens with one attached hydrogen (secondary N) is 4. The van der Waals surface area contributed by atoms with Gasteiger partial charge < -0.3 is 63.8 Å². The van der Waals surface area contributed by atoms with Crippen LogP contribution < -0.4 is 63.8 Å². The Morgan fingerprint density at radius 3 is 0.907 bits per heavy atom. The molecule has 4 aromatic carbocycles. The van der Waals surface area contributed by atoms with Crippen molar-refractivity contribution in [2.45, 2.75) is 163 Å². The molecule has 8 fully saturated rings. The van der Waals surface area contributed by atoms with Gasteiger partial charge in [-0.2, -0.15) is 10.5 Å². The minimum absolute atomic E-state index is 0. The lowest BCUT2D eigenvalue weighted by Crippen LogP contribution is -2.36. The molecule has 0 spiro atoms. The smallest absolute Gasteiger partial charge is 0.231 e. The van der Waals surface area contributed by atoms with E-state index in [1.54, 1.807) is 71.0 Å². The number of hydrogen-bond acceptors (Lipinski definition) is 18. The molecule has 4 aliphatic carbocycles. The zero-order chi connectivity index (χ0) is 75.4. The lowest BCUT2D eigenvalue weighted by Gasteiger charge is -2.28. The number of pyridine rings is 4. The van der Waals surface area contributed by atoms with E-state index in [1.165, 1.54) is 0 Å². The number of carbonyl (C=O) groups is 8. The number of nitrogens with two attached hydrogens (primary N) is 4. The number of hydrogen-bond donors (Lipinski definition) is 8. The molecular formula is C79H88F2N18O8. The quantitative estimate of drug-likeness (QED) is 0.0469. The van der Waals surface area contributed by atoms with Crippen LogP contribution in [0.4, 0.5) is 77.6 Å². The molecule has 107 heavy (non-hydrogen) atoms. The molecule has 1 unspecified atom stereocenters. The van der Waals surface area contributed by atoms with Gasteiger partial charge in [0, 0.05) is 142 Å². The van der Waals surface area contributed by atoms with Crippen molar-refractivity contribution < 1.29 is 47.1 Å². The number of rotatable bonds is 14. The van der Waals surface area contributed by atoms with Gasteiger partial charge in [0.15, 0.2) is 0 Å². The zero-order valence-corrected chi connectivity index (χ0v) is 59.6. The molecule has 16 rings (SSSR count). The fourth-order valence-electron chi connectivity index (χ4n) is 14.7. The van der Waals surface area contributed by atoms with Gasteiger partial charge in [-0.1, -0.05) is 35.1 Å². The van der Waals surface area contributed by atoms with Crippen molar-refractivity contribution in [2.75, 3.05) is 63.8 Å². The van der Waals surface area contributed by atoms with Crippen molar-refractivity contribution in [1.29, 1.82) is 10.5 Å². The summed E-state index contributed by atoms with van der Waals surface area (Å²) in [5.41, 5.74) is 29.9. The van der Waals surface area contributed by atoms with Crippen molar-refractivity contribution in [3.05, 3.63) is 97.6 Å². The van der Waals surface area contributed by atoms with Gasteiger partial charge in [-0.05, 0) is 171 Å². The predicted octanol–water partition coefficient (Wildman–Crippen LogP) is 12.0. The fourth-order valence-corrected chi connectivity index (χ4v) is 14.7. The first-order valence-corrected chi connectivity index (χ1v) is 36.0. The van der Waals surface area contributed by atoms with Crippen LogP contribution >= 0.6 is 0 Å². The summed E-state index contributed by atoms with van der Waals surface area (Å²) in [7, 11) is 0. The second-order valence-electron chi connectivity index (χ2n) is 29.7. The number of anilines is 12. The third kappa shape index (κ3) is 16.0. The number of nitrogens with zero attached hydrogens (tertiary/aromatic N) is 10. The third-order valence-corrected chi connectivity index (χ3v) is 21.2. The number of nitriles is 2. The highest BCUT2D eigenvalue weighted by molar-refractivity contribution is 6.08. The first kappa shape index (κ1) is 75.0. The summed E-state index contributed by atoms with van der Waals surface area (Å²) in [5, 5.41) is 34.8. The van der Waals surface area contributed by atoms with Crippen LogP contribution in [0.3, 0.4) is 0 Å². The molecule has 4 aliphatic heterocycles. The Kier molecular flexibility index (Phi) is 21.3. The minimum Gasteiger partial charge on any atom is -0.398 e. The standard InChI is InChI=1S/2C21H23N5O2.2C18H19FN4O2.CH4/c2*1-11(2)18-3-4-20(27)26(18)14-5-12-7-19(24-10-16(12)17(23)8-14)25-21(28)15-6-13(15)9-22;2*1-9-2-3-17(24)23(9)11-4-10-5-16(21-8-13(10)15(20)6-11)22-18(25)12-7-14(12)19;/h2*5,7-8,10-11,13,15,18H,3-4,6,23H2,1-2H3,(H,24,25,28);2*4-6,8-9,12,14H,2-3,7,20H2,1H3,(H,21,22,25);1H4/t13-,15+,18?;13-,15+,18+;9-,12-,14+;9-,12-,14-;/m1111./s1. The minimum atomic E-state index is -1.05. The van der Waals surface area contributed by atoms with E-state index >= 15 is 0 Å². The molecule has 12 N–H and O–H groups in total. The van der Waals surface area contributed by atoms with Gasteiger partial charge in [-0.25, -0.2) is 28.7 Å². The number of carbonyl (C=O) groups excluding carboxylic acids is 8. The molecule has 4 saturated heterocycles. The SMILES string of the molecule is C.CC(C)C1CCC(=O)N1c1cc(N)c2cnc(NC(=O)[C@H]3C[C@@H]3C#N)cc2c1.CC(C)[C@@H]1CCC(=O)N1c1cc(N)c2cnc(NC(=O)[C@H]3C[C@@H]3C#N)cc2c1.C[C@@H]1CCC(=O)N1c1cc(N)c2cnc(NC(=O)[C@@H]3C[C@@H]3F)cc2c1.C[C@@H]1CCC(=O)N1c1cc(N)c2cnc(NC(=O)[C@@H]3C[C@H]3F)cc2c1. The van der Waals surface area contributed by atoms with E-state index in [2.05, 4.69) is 81.0 Å². The second-order valence-corrected chi connectivity index (χ2v) is 29.7. The highest BCUT2D eigenvalue weighted by Gasteiger charge is 2.47. The molecular weight excluding hydrogens is 1370 g/mol. The van der Waals surface area contributed by atoms with Gasteiger partial charge in [-0.3, -0.25) is 38.4 Å². The molecule has 0 bridgehead atoms. The number of benzene rings is 4. The van der Waals surface area contributed by atoms with E-state index in [9.17, 15) is 47.1 Å². The first-order chi connectivity index (χ1) is 50.6. The summed E-state index contributed by atoms with van der Waals surface area (Å²) in [6.45, 7) is 12.5. The van der Waals surface area contributed by atoms with Crippen molar-refractivity contribution >= 4 is 159 Å². The Bertz CT molecular complexity index is 4720. The first-order valence-electron chi connectivity index (χ1n) is 36.0. The molecule has 8 aromatic rings. The lowest BCUT2D eigenvalue weighted by atomic mass is 10.0. The van der Waals surface area contributed by atoms with E-state index in [1.807, 2.05) is 60.0 Å². The van der Waals surface area contributed by atoms with Crippen molar-refractivity contribution in [3.63, 3.8) is 0 Å². The normalized spacial score (nSPS) is 24.4. The number of nitrogen functional groups attached to an aromatic ring is 4. The van der Waals surface area contributed by atoms with Crippen LogP contribution in [0.1, 0.15) is 126 Å². The van der Waals surface area contributed by atoms with Crippen LogP contribution in [-0.2, 0) is 38.4 Å². The number of halogens is 2. The zero-order valence-electron chi connectivity index (χ0n) is 59.6. The summed E-state index contributed by atoms with van der Waals surface area (Å²) >= 11 is 0. The van der Waals surface area contributed by atoms with Gasteiger partial charge in [0.05, 0.1) is 47.6 Å². The van der Waals surface area contributed by atoms with Gasteiger partial charge in [0.2, 0.25) is 47.3 Å². The Labute approximate surface area is 617 Å². The van der Waals surface area contributed by atoms with E-state index in [0.717, 1.165) is 91.5 Å². The molecule has 4 aromatic heterocycles. The maximum absolute atomic E-state index is 13.0. The van der Waals surface area contributed by atoms with Gasteiger partial charge in [-0.15, -0.1) is 0 Å². The van der Waals surface area contributed by atoms with Crippen molar-refractivity contribution in [3.8, 4) is 12.1 Å². The maximum atomic E-state index is 13.0. The molecule has 8 amide bonds. The molecule has 12 atom stereocenters. The molecule has 0 radical (unpaired) electrons. The summed E-state index contributed by atoms with van der Waals surface area (Å²) in [6, 6.07) is 26.5. The van der Waals surface area contributed by atoms with Crippen LogP contribution in [0.15, 0.2) is 97.6 Å². The molecule has 556 valence electrons. The topological polar surface area (TPSA) is 401 Å². The summed E-state index contributed by atoms with van der Waals surface area (Å²) in [6.07, 6.45) is 11.5. The van der Waals surface area contributed by atoms with Gasteiger partial charge in [0.25, 0.3) is 0 Å². The number of alkyl halides is 2. The Morgan fingerprint density at radius 2 is 0.673 bits per heavy atom. The highest BCUT2D eigenvalue weighted by Crippen LogP contribution is 2.44. The predicted molar refractivity (Wildman–Crippen MR) is 409 cm³/mol.